The van der Waals surface area contributed by atoms with E-state index in [4.69, 9.17) is 18.9 Å². The molecule has 0 aromatic rings. The molecule has 0 heterocycles. The number of likely N-dealkylation sites (N-methyl/N-ethyl adjacent to an activating group) is 1. The third-order valence-corrected chi connectivity index (χ3v) is 13.0. The summed E-state index contributed by atoms with van der Waals surface area (Å²) < 4.78 is 22.7. The third kappa shape index (κ3) is 62.5. The number of carboxylic acids is 1. The molecule has 2 unspecified atom stereocenters. The predicted octanol–water partition coefficient (Wildman–Crippen LogP) is 18.4. The summed E-state index contributed by atoms with van der Waals surface area (Å²) >= 11 is 0. The van der Waals surface area contributed by atoms with Crippen molar-refractivity contribution in [1.82, 2.24) is 0 Å². The first-order valence-electron chi connectivity index (χ1n) is 32.1. The number of rotatable bonds is 57. The topological polar surface area (TPSA) is 111 Å². The van der Waals surface area contributed by atoms with Gasteiger partial charge in [0.25, 0.3) is 0 Å². The van der Waals surface area contributed by atoms with Crippen LogP contribution in [0, 0.1) is 0 Å². The number of nitrogens with zero attached hydrogens (tertiary/aromatic N) is 1. The Labute approximate surface area is 502 Å². The molecule has 82 heavy (non-hydrogen) atoms. The minimum absolute atomic E-state index is 0.133. The molecule has 0 fully saturated rings. The largest absolute Gasteiger partial charge is 0.545 e. The van der Waals surface area contributed by atoms with Crippen LogP contribution in [-0.2, 0) is 33.3 Å². The second-order valence-corrected chi connectivity index (χ2v) is 22.0. The summed E-state index contributed by atoms with van der Waals surface area (Å²) in [6.07, 6.45) is 88.8. The first-order chi connectivity index (χ1) is 40.1. The summed E-state index contributed by atoms with van der Waals surface area (Å²) in [7, 11) is 5.90. The van der Waals surface area contributed by atoms with Gasteiger partial charge in [-0.1, -0.05) is 242 Å². The second kappa shape index (κ2) is 62.0. The van der Waals surface area contributed by atoms with Gasteiger partial charge in [-0.05, 0) is 128 Å². The molecular formula is C73H117NO8. The average Bonchev–Trinajstić information content (AvgIpc) is 3.45. The number of carbonyl (C=O) groups excluding carboxylic acids is 3. The number of carboxylic acid groups (broad SMARTS) is 1. The minimum atomic E-state index is -1.64. The van der Waals surface area contributed by atoms with Crippen LogP contribution < -0.4 is 5.11 Å². The van der Waals surface area contributed by atoms with Gasteiger partial charge >= 0.3 is 11.9 Å². The summed E-state index contributed by atoms with van der Waals surface area (Å²) in [5.74, 6) is -2.35. The van der Waals surface area contributed by atoms with E-state index in [1.165, 1.54) is 51.4 Å². The summed E-state index contributed by atoms with van der Waals surface area (Å²) in [5, 5.41) is 11.8. The quantitative estimate of drug-likeness (QED) is 0.0195. The number of quaternary nitrogens is 1. The Hall–Kier alpha value is -5.09. The third-order valence-electron chi connectivity index (χ3n) is 13.0. The minimum Gasteiger partial charge on any atom is -0.545 e. The predicted molar refractivity (Wildman–Crippen MR) is 347 cm³/mol. The molecule has 0 saturated carbocycles. The van der Waals surface area contributed by atoms with Crippen LogP contribution >= 0.6 is 0 Å². The van der Waals surface area contributed by atoms with Crippen LogP contribution in [0.3, 0.4) is 0 Å². The summed E-state index contributed by atoms with van der Waals surface area (Å²) in [6, 6.07) is 0. The van der Waals surface area contributed by atoms with Crippen molar-refractivity contribution in [3.63, 3.8) is 0 Å². The van der Waals surface area contributed by atoms with Crippen molar-refractivity contribution < 1.29 is 42.9 Å². The van der Waals surface area contributed by atoms with Crippen molar-refractivity contribution in [2.24, 2.45) is 0 Å². The van der Waals surface area contributed by atoms with Crippen molar-refractivity contribution >= 4 is 17.9 Å². The number of hydrogen-bond acceptors (Lipinski definition) is 8. The van der Waals surface area contributed by atoms with E-state index in [9.17, 15) is 19.5 Å². The molecule has 0 amide bonds. The number of unbranched alkanes of at least 4 members (excludes halogenated alkanes) is 16. The Kier molecular flexibility index (Phi) is 58.1. The Balaban J connectivity index is 4.25. The molecule has 0 aromatic heterocycles. The van der Waals surface area contributed by atoms with Gasteiger partial charge in [0, 0.05) is 12.8 Å². The highest BCUT2D eigenvalue weighted by Crippen LogP contribution is 2.13. The lowest BCUT2D eigenvalue weighted by molar-refractivity contribution is -0.870. The van der Waals surface area contributed by atoms with Gasteiger partial charge in [-0.25, -0.2) is 0 Å². The zero-order valence-corrected chi connectivity index (χ0v) is 52.5. The Bertz CT molecular complexity index is 1900. The van der Waals surface area contributed by atoms with Crippen LogP contribution in [0.25, 0.3) is 0 Å². The van der Waals surface area contributed by atoms with Crippen molar-refractivity contribution in [2.45, 2.75) is 238 Å². The standard InChI is InChI=1S/C73H117NO8/c1-6-8-10-12-14-16-18-20-22-24-25-26-27-28-29-30-31-32-33-34-35-36-37-38-39-40-41-42-43-44-45-46-47-48-50-52-54-56-58-60-62-64-71(76)82-69(68-81-73(72(77)78)79-66-65-74(3,4)5)67-80-70(75)63-61-59-57-55-53-51-49-23-21-19-17-15-13-11-9-7-2/h8,10,14,16,20,22-23,25-26,28-29,31-32,34-35,37-38,40-41,43-44,46-47,49-50,52,69,73H,6-7,9,11-13,15,17-19,21,24,27,30,33,36,39,42,45,48,51,53-68H2,1-5H3/b10-8-,16-14-,22-20-,26-25-,29-28-,32-31-,35-34-,38-37-,41-40-,44-43-,47-46-,49-23-,52-50-. The number of esters is 2. The molecule has 0 aliphatic carbocycles. The molecule has 2 atom stereocenters. The zero-order valence-electron chi connectivity index (χ0n) is 52.5. The number of carbonyl (C=O) groups is 3. The van der Waals surface area contributed by atoms with Gasteiger partial charge in [-0.15, -0.1) is 0 Å². The summed E-state index contributed by atoms with van der Waals surface area (Å²) in [6.45, 7) is 4.57. The lowest BCUT2D eigenvalue weighted by atomic mass is 10.1. The van der Waals surface area contributed by atoms with Crippen molar-refractivity contribution in [3.8, 4) is 0 Å². The average molecular weight is 1140 g/mol. The Morgan fingerprint density at radius 3 is 1.05 bits per heavy atom. The van der Waals surface area contributed by atoms with Crippen LogP contribution in [0.4, 0.5) is 0 Å². The lowest BCUT2D eigenvalue weighted by Crippen LogP contribution is -2.44. The molecular weight excluding hydrogens is 1020 g/mol. The van der Waals surface area contributed by atoms with Crippen LogP contribution in [0.2, 0.25) is 0 Å². The number of allylic oxidation sites excluding steroid dienone is 26. The summed E-state index contributed by atoms with van der Waals surface area (Å²) in [5.41, 5.74) is 0. The van der Waals surface area contributed by atoms with E-state index in [-0.39, 0.29) is 38.6 Å². The number of hydrogen-bond donors (Lipinski definition) is 0. The fourth-order valence-electron chi connectivity index (χ4n) is 8.10. The molecule has 0 aromatic carbocycles. The summed E-state index contributed by atoms with van der Waals surface area (Å²) in [4.78, 5) is 37.3. The molecule has 0 radical (unpaired) electrons. The Morgan fingerprint density at radius 2 is 0.695 bits per heavy atom. The molecule has 0 rings (SSSR count). The van der Waals surface area contributed by atoms with Crippen LogP contribution in [-0.4, -0.2) is 82.3 Å². The van der Waals surface area contributed by atoms with Gasteiger partial charge in [0.2, 0.25) is 0 Å². The maximum atomic E-state index is 12.9. The van der Waals surface area contributed by atoms with Gasteiger partial charge in [-0.2, -0.15) is 0 Å². The van der Waals surface area contributed by atoms with Crippen molar-refractivity contribution in [1.29, 1.82) is 0 Å². The van der Waals surface area contributed by atoms with Gasteiger partial charge < -0.3 is 33.3 Å². The van der Waals surface area contributed by atoms with E-state index < -0.39 is 24.3 Å². The Morgan fingerprint density at radius 1 is 0.378 bits per heavy atom. The fourth-order valence-corrected chi connectivity index (χ4v) is 8.10. The molecule has 9 heteroatoms. The fraction of sp³-hybridized carbons (Fsp3) is 0.603. The van der Waals surface area contributed by atoms with Crippen LogP contribution in [0.1, 0.15) is 226 Å². The van der Waals surface area contributed by atoms with E-state index in [0.29, 0.717) is 17.4 Å². The van der Waals surface area contributed by atoms with Gasteiger partial charge in [-0.3, -0.25) is 9.59 Å². The lowest BCUT2D eigenvalue weighted by Gasteiger charge is -2.26. The highest BCUT2D eigenvalue weighted by molar-refractivity contribution is 5.70. The zero-order chi connectivity index (χ0) is 59.8. The molecule has 462 valence electrons. The van der Waals surface area contributed by atoms with Crippen LogP contribution in [0.15, 0.2) is 158 Å². The molecule has 0 N–H and O–H groups in total. The molecule has 9 nitrogen and oxygen atoms in total. The van der Waals surface area contributed by atoms with Gasteiger partial charge in [0.1, 0.15) is 13.2 Å². The first kappa shape index (κ1) is 76.9. The van der Waals surface area contributed by atoms with Crippen LogP contribution in [0.5, 0.6) is 0 Å². The maximum absolute atomic E-state index is 12.9. The molecule has 0 aliphatic rings. The molecule has 0 aliphatic heterocycles. The second-order valence-electron chi connectivity index (χ2n) is 22.0. The molecule has 0 spiro atoms. The van der Waals surface area contributed by atoms with E-state index in [1.54, 1.807) is 0 Å². The highest BCUT2D eigenvalue weighted by Gasteiger charge is 2.22. The molecule has 0 saturated heterocycles. The molecule has 0 bridgehead atoms. The van der Waals surface area contributed by atoms with E-state index in [1.807, 2.05) is 21.1 Å². The van der Waals surface area contributed by atoms with E-state index >= 15 is 0 Å². The number of ether oxygens (including phenoxy) is 4. The normalized spacial score (nSPS) is 13.8. The van der Waals surface area contributed by atoms with Gasteiger partial charge in [0.15, 0.2) is 12.4 Å². The maximum Gasteiger partial charge on any atom is 0.306 e. The van der Waals surface area contributed by atoms with Gasteiger partial charge in [0.05, 0.1) is 40.3 Å². The first-order valence-corrected chi connectivity index (χ1v) is 32.1. The smallest absolute Gasteiger partial charge is 0.306 e. The highest BCUT2D eigenvalue weighted by atomic mass is 16.7. The van der Waals surface area contributed by atoms with E-state index in [0.717, 1.165) is 141 Å². The SMILES string of the molecule is CC/C=C\C/C=C\C/C=C\C/C=C\C/C=C\C/C=C\C/C=C\C/C=C\C/C=C\C/C=C\C/C=C\C/C=C\CCCCCCC(=O)OC(COC(=O)CCCCCCC/C=C\CCCCCCCCC)COC(OCC[N+](C)(C)C)C(=O)[O-]. The van der Waals surface area contributed by atoms with Crippen molar-refractivity contribution in [3.05, 3.63) is 158 Å². The van der Waals surface area contributed by atoms with Crippen molar-refractivity contribution in [2.75, 3.05) is 47.5 Å². The van der Waals surface area contributed by atoms with E-state index in [2.05, 4.69) is 172 Å². The monoisotopic (exact) mass is 1140 g/mol. The number of aliphatic carboxylic acids is 1.